The first-order valence-corrected chi connectivity index (χ1v) is 5.36. The van der Waals surface area contributed by atoms with Gasteiger partial charge in [0.05, 0.1) is 5.69 Å². The van der Waals surface area contributed by atoms with Gasteiger partial charge in [-0.05, 0) is 18.6 Å². The molecule has 2 rings (SSSR count). The van der Waals surface area contributed by atoms with Gasteiger partial charge in [-0.3, -0.25) is 4.98 Å². The van der Waals surface area contributed by atoms with Crippen molar-refractivity contribution in [1.29, 1.82) is 0 Å². The van der Waals surface area contributed by atoms with E-state index in [1.165, 1.54) is 0 Å². The molecule has 1 N–H and O–H groups in total. The second-order valence-electron chi connectivity index (χ2n) is 3.91. The van der Waals surface area contributed by atoms with Crippen LogP contribution in [0.1, 0.15) is 11.3 Å². The van der Waals surface area contributed by atoms with Crippen LogP contribution in [0.15, 0.2) is 30.5 Å². The van der Waals surface area contributed by atoms with Gasteiger partial charge < -0.3 is 5.32 Å². The van der Waals surface area contributed by atoms with Crippen molar-refractivity contribution < 1.29 is 13.2 Å². The first kappa shape index (κ1) is 12.4. The standard InChI is InChI=1S/C13H11F3N2/c1-8-2-3-9(6-17-8)7-18-13-5-11(15)10(14)4-12(13)16/h2-6,18H,7H2,1H3. The Morgan fingerprint density at radius 1 is 1.06 bits per heavy atom. The minimum Gasteiger partial charge on any atom is -0.378 e. The topological polar surface area (TPSA) is 24.9 Å². The first-order chi connectivity index (χ1) is 8.56. The highest BCUT2D eigenvalue weighted by Gasteiger charge is 2.09. The summed E-state index contributed by atoms with van der Waals surface area (Å²) in [6.45, 7) is 2.14. The van der Waals surface area contributed by atoms with E-state index in [0.29, 0.717) is 6.07 Å². The van der Waals surface area contributed by atoms with Gasteiger partial charge in [-0.2, -0.15) is 0 Å². The Hall–Kier alpha value is -2.04. The molecule has 2 aromatic rings. The van der Waals surface area contributed by atoms with E-state index in [1.54, 1.807) is 6.20 Å². The SMILES string of the molecule is Cc1ccc(CNc2cc(F)c(F)cc2F)cn1. The highest BCUT2D eigenvalue weighted by Crippen LogP contribution is 2.19. The monoisotopic (exact) mass is 252 g/mol. The number of aromatic nitrogens is 1. The van der Waals surface area contributed by atoms with Gasteiger partial charge in [-0.25, -0.2) is 13.2 Å². The van der Waals surface area contributed by atoms with Crippen LogP contribution in [0.5, 0.6) is 0 Å². The van der Waals surface area contributed by atoms with Crippen LogP contribution in [0.4, 0.5) is 18.9 Å². The summed E-state index contributed by atoms with van der Waals surface area (Å²) >= 11 is 0. The predicted octanol–water partition coefficient (Wildman–Crippen LogP) is 3.42. The van der Waals surface area contributed by atoms with Gasteiger partial charge >= 0.3 is 0 Å². The van der Waals surface area contributed by atoms with Crippen molar-refractivity contribution in [2.24, 2.45) is 0 Å². The highest BCUT2D eigenvalue weighted by molar-refractivity contribution is 5.45. The molecule has 94 valence electrons. The molecule has 0 fully saturated rings. The molecule has 0 saturated heterocycles. The van der Waals surface area contributed by atoms with Crippen LogP contribution >= 0.6 is 0 Å². The van der Waals surface area contributed by atoms with Gasteiger partial charge in [0.2, 0.25) is 0 Å². The van der Waals surface area contributed by atoms with Crippen molar-refractivity contribution in [3.05, 3.63) is 59.2 Å². The average Bonchev–Trinajstić information content (AvgIpc) is 2.34. The van der Waals surface area contributed by atoms with Gasteiger partial charge in [0.25, 0.3) is 0 Å². The second-order valence-corrected chi connectivity index (χ2v) is 3.91. The summed E-state index contributed by atoms with van der Waals surface area (Å²) < 4.78 is 39.0. The molecular formula is C13H11F3N2. The van der Waals surface area contributed by atoms with Crippen LogP contribution in [-0.4, -0.2) is 4.98 Å². The third-order valence-corrected chi connectivity index (χ3v) is 2.47. The maximum atomic E-state index is 13.3. The number of halogens is 3. The van der Waals surface area contributed by atoms with Gasteiger partial charge in [-0.15, -0.1) is 0 Å². The van der Waals surface area contributed by atoms with Gasteiger partial charge in [-0.1, -0.05) is 6.07 Å². The molecule has 5 heteroatoms. The largest absolute Gasteiger partial charge is 0.378 e. The highest BCUT2D eigenvalue weighted by atomic mass is 19.2. The van der Waals surface area contributed by atoms with Crippen molar-refractivity contribution in [3.8, 4) is 0 Å². The molecule has 0 aliphatic rings. The smallest absolute Gasteiger partial charge is 0.161 e. The molecule has 0 aliphatic heterocycles. The van der Waals surface area contributed by atoms with E-state index in [0.717, 1.165) is 17.3 Å². The Morgan fingerprint density at radius 3 is 2.44 bits per heavy atom. The van der Waals surface area contributed by atoms with Crippen LogP contribution in [0.3, 0.4) is 0 Å². The van der Waals surface area contributed by atoms with Crippen molar-refractivity contribution in [3.63, 3.8) is 0 Å². The van der Waals surface area contributed by atoms with E-state index in [9.17, 15) is 13.2 Å². The molecule has 18 heavy (non-hydrogen) atoms. The Bertz CT molecular complexity index is 553. The Balaban J connectivity index is 2.10. The summed E-state index contributed by atoms with van der Waals surface area (Å²) in [6.07, 6.45) is 1.64. The van der Waals surface area contributed by atoms with E-state index < -0.39 is 17.5 Å². The molecular weight excluding hydrogens is 241 g/mol. The molecule has 0 saturated carbocycles. The lowest BCUT2D eigenvalue weighted by molar-refractivity contribution is 0.496. The van der Waals surface area contributed by atoms with Crippen LogP contribution in [0.2, 0.25) is 0 Å². The van der Waals surface area contributed by atoms with E-state index in [-0.39, 0.29) is 12.2 Å². The number of nitrogens with zero attached hydrogens (tertiary/aromatic N) is 1. The summed E-state index contributed by atoms with van der Waals surface area (Å²) in [5.41, 5.74) is 1.62. The fraction of sp³-hybridized carbons (Fsp3) is 0.154. The van der Waals surface area contributed by atoms with E-state index in [4.69, 9.17) is 0 Å². The number of hydrogen-bond donors (Lipinski definition) is 1. The minimum absolute atomic E-state index is 0.0746. The number of anilines is 1. The molecule has 1 heterocycles. The number of benzene rings is 1. The number of pyridine rings is 1. The second kappa shape index (κ2) is 5.08. The van der Waals surface area contributed by atoms with Gasteiger partial charge in [0.1, 0.15) is 5.82 Å². The lowest BCUT2D eigenvalue weighted by atomic mass is 10.2. The van der Waals surface area contributed by atoms with E-state index in [2.05, 4.69) is 10.3 Å². The predicted molar refractivity (Wildman–Crippen MR) is 62.6 cm³/mol. The molecule has 0 unspecified atom stereocenters. The molecule has 0 spiro atoms. The Labute approximate surface area is 102 Å². The van der Waals surface area contributed by atoms with Crippen LogP contribution in [0, 0.1) is 24.4 Å². The molecule has 0 aliphatic carbocycles. The number of rotatable bonds is 3. The molecule has 0 atom stereocenters. The summed E-state index contributed by atoms with van der Waals surface area (Å²) in [4.78, 5) is 4.08. The van der Waals surface area contributed by atoms with Gasteiger partial charge in [0, 0.05) is 30.6 Å². The fourth-order valence-electron chi connectivity index (χ4n) is 1.46. The molecule has 2 nitrogen and oxygen atoms in total. The molecule has 0 amide bonds. The molecule has 0 bridgehead atoms. The quantitative estimate of drug-likeness (QED) is 0.847. The zero-order valence-electron chi connectivity index (χ0n) is 9.67. The van der Waals surface area contributed by atoms with Crippen LogP contribution < -0.4 is 5.32 Å². The summed E-state index contributed by atoms with van der Waals surface area (Å²) in [7, 11) is 0. The number of nitrogens with one attached hydrogen (secondary N) is 1. The summed E-state index contributed by atoms with van der Waals surface area (Å²) in [6, 6.07) is 4.96. The average molecular weight is 252 g/mol. The maximum Gasteiger partial charge on any atom is 0.161 e. The lowest BCUT2D eigenvalue weighted by Crippen LogP contribution is -2.03. The molecule has 0 radical (unpaired) electrons. The minimum atomic E-state index is -1.20. The zero-order valence-corrected chi connectivity index (χ0v) is 9.67. The first-order valence-electron chi connectivity index (χ1n) is 5.36. The van der Waals surface area contributed by atoms with E-state index >= 15 is 0 Å². The normalized spacial score (nSPS) is 10.4. The lowest BCUT2D eigenvalue weighted by Gasteiger charge is -2.08. The number of hydrogen-bond acceptors (Lipinski definition) is 2. The third kappa shape index (κ3) is 2.80. The maximum absolute atomic E-state index is 13.3. The number of aryl methyl sites for hydroxylation is 1. The van der Waals surface area contributed by atoms with Crippen molar-refractivity contribution in [1.82, 2.24) is 4.98 Å². The fourth-order valence-corrected chi connectivity index (χ4v) is 1.46. The zero-order chi connectivity index (χ0) is 13.1. The van der Waals surface area contributed by atoms with E-state index in [1.807, 2.05) is 19.1 Å². The Morgan fingerprint density at radius 2 is 1.78 bits per heavy atom. The van der Waals surface area contributed by atoms with Crippen molar-refractivity contribution in [2.75, 3.05) is 5.32 Å². The summed E-state index contributed by atoms with van der Waals surface area (Å²) in [5, 5.41) is 2.70. The van der Waals surface area contributed by atoms with Gasteiger partial charge in [0.15, 0.2) is 11.6 Å². The summed E-state index contributed by atoms with van der Waals surface area (Å²) in [5.74, 6) is -3.11. The molecule has 1 aromatic carbocycles. The molecule has 1 aromatic heterocycles. The third-order valence-electron chi connectivity index (χ3n) is 2.47. The Kier molecular flexibility index (Phi) is 3.50. The van der Waals surface area contributed by atoms with Crippen LogP contribution in [0.25, 0.3) is 0 Å². The van der Waals surface area contributed by atoms with Crippen LogP contribution in [-0.2, 0) is 6.54 Å². The van der Waals surface area contributed by atoms with Crippen molar-refractivity contribution >= 4 is 5.69 Å². The van der Waals surface area contributed by atoms with Crippen molar-refractivity contribution in [2.45, 2.75) is 13.5 Å².